The van der Waals surface area contributed by atoms with Crippen molar-refractivity contribution in [3.63, 3.8) is 0 Å². The van der Waals surface area contributed by atoms with Crippen LogP contribution in [-0.4, -0.2) is 35.5 Å². The van der Waals surface area contributed by atoms with Crippen molar-refractivity contribution in [1.82, 2.24) is 29.0 Å². The molecule has 0 aromatic carbocycles. The van der Waals surface area contributed by atoms with Crippen molar-refractivity contribution in [2.75, 3.05) is 6.54 Å². The van der Waals surface area contributed by atoms with Crippen LogP contribution in [-0.2, 0) is 20.0 Å². The van der Waals surface area contributed by atoms with Crippen LogP contribution < -0.4 is 0 Å². The Labute approximate surface area is 148 Å². The van der Waals surface area contributed by atoms with E-state index < -0.39 is 0 Å². The molecule has 4 heterocycles. The maximum Gasteiger partial charge on any atom is 0.138 e. The number of hydrogen-bond acceptors (Lipinski definition) is 4. The Kier molecular flexibility index (Phi) is 4.36. The van der Waals surface area contributed by atoms with E-state index in [0.29, 0.717) is 6.04 Å². The Bertz CT molecular complexity index is 849. The second kappa shape index (κ2) is 6.80. The number of hydrogen-bond donors (Lipinski definition) is 0. The maximum absolute atomic E-state index is 4.97. The zero-order chi connectivity index (χ0) is 17.2. The summed E-state index contributed by atoms with van der Waals surface area (Å²) in [6.07, 6.45) is 10.9. The summed E-state index contributed by atoms with van der Waals surface area (Å²) in [5, 5.41) is 0. The normalized spacial score (nSPS) is 18.1. The summed E-state index contributed by atoms with van der Waals surface area (Å²) in [7, 11) is 2.05. The summed E-state index contributed by atoms with van der Waals surface area (Å²) in [6, 6.07) is 6.68. The van der Waals surface area contributed by atoms with Gasteiger partial charge in [-0.3, -0.25) is 9.47 Å². The summed E-state index contributed by atoms with van der Waals surface area (Å²) in [5.74, 6) is 2.00. The van der Waals surface area contributed by atoms with Crippen LogP contribution in [0, 0.1) is 0 Å². The van der Waals surface area contributed by atoms with Crippen molar-refractivity contribution in [1.29, 1.82) is 0 Å². The Morgan fingerprint density at radius 1 is 1.28 bits per heavy atom. The molecule has 6 nitrogen and oxygen atoms in total. The molecule has 1 aliphatic rings. The topological polar surface area (TPSA) is 51.8 Å². The lowest BCUT2D eigenvalue weighted by Gasteiger charge is -2.24. The van der Waals surface area contributed by atoms with E-state index >= 15 is 0 Å². The van der Waals surface area contributed by atoms with Crippen LogP contribution in [0.2, 0.25) is 0 Å². The van der Waals surface area contributed by atoms with Gasteiger partial charge in [-0.25, -0.2) is 15.0 Å². The van der Waals surface area contributed by atoms with Gasteiger partial charge in [-0.1, -0.05) is 13.0 Å². The van der Waals surface area contributed by atoms with Crippen molar-refractivity contribution in [2.45, 2.75) is 38.8 Å². The van der Waals surface area contributed by atoms with Crippen LogP contribution in [0.1, 0.15) is 43.0 Å². The molecule has 1 atom stereocenters. The molecule has 0 N–H and O–H groups in total. The third-order valence-corrected chi connectivity index (χ3v) is 5.02. The first-order chi connectivity index (χ1) is 12.3. The predicted molar refractivity (Wildman–Crippen MR) is 96.3 cm³/mol. The van der Waals surface area contributed by atoms with E-state index in [1.165, 1.54) is 12.1 Å². The van der Waals surface area contributed by atoms with Crippen LogP contribution in [0.15, 0.2) is 43.1 Å². The summed E-state index contributed by atoms with van der Waals surface area (Å²) in [5.41, 5.74) is 2.39. The molecule has 3 aromatic heterocycles. The molecule has 0 spiro atoms. The highest BCUT2D eigenvalue weighted by atomic mass is 15.2. The highest BCUT2D eigenvalue weighted by molar-refractivity contribution is 5.28. The van der Waals surface area contributed by atoms with Crippen molar-refractivity contribution in [3.05, 3.63) is 60.3 Å². The smallest absolute Gasteiger partial charge is 0.138 e. The largest absolute Gasteiger partial charge is 0.337 e. The van der Waals surface area contributed by atoms with Gasteiger partial charge in [-0.15, -0.1) is 0 Å². The van der Waals surface area contributed by atoms with Crippen molar-refractivity contribution in [2.24, 2.45) is 7.05 Å². The highest BCUT2D eigenvalue weighted by Crippen LogP contribution is 2.32. The molecule has 3 aromatic rings. The van der Waals surface area contributed by atoms with Gasteiger partial charge in [-0.2, -0.15) is 0 Å². The van der Waals surface area contributed by atoms with Gasteiger partial charge >= 0.3 is 0 Å². The Morgan fingerprint density at radius 2 is 2.20 bits per heavy atom. The van der Waals surface area contributed by atoms with Crippen molar-refractivity contribution in [3.8, 4) is 5.82 Å². The molecule has 0 bridgehead atoms. The van der Waals surface area contributed by atoms with E-state index in [1.807, 2.05) is 24.9 Å². The minimum absolute atomic E-state index is 0.364. The van der Waals surface area contributed by atoms with Gasteiger partial charge in [0.2, 0.25) is 0 Å². The second-order valence-electron chi connectivity index (χ2n) is 6.61. The van der Waals surface area contributed by atoms with E-state index in [9.17, 15) is 0 Å². The quantitative estimate of drug-likeness (QED) is 0.719. The monoisotopic (exact) mass is 336 g/mol. The summed E-state index contributed by atoms with van der Waals surface area (Å²) in [4.78, 5) is 16.1. The molecule has 0 aliphatic carbocycles. The molecule has 1 unspecified atom stereocenters. The number of imidazole rings is 2. The van der Waals surface area contributed by atoms with Crippen LogP contribution in [0.25, 0.3) is 5.82 Å². The lowest BCUT2D eigenvalue weighted by atomic mass is 10.1. The summed E-state index contributed by atoms with van der Waals surface area (Å²) < 4.78 is 4.18. The maximum atomic E-state index is 4.97. The van der Waals surface area contributed by atoms with E-state index in [4.69, 9.17) is 4.98 Å². The van der Waals surface area contributed by atoms with E-state index in [1.54, 1.807) is 0 Å². The van der Waals surface area contributed by atoms with Gasteiger partial charge in [0.25, 0.3) is 0 Å². The fourth-order valence-electron chi connectivity index (χ4n) is 3.66. The number of nitrogens with zero attached hydrogens (tertiary/aromatic N) is 6. The molecule has 0 saturated carbocycles. The molecule has 4 rings (SSSR count). The van der Waals surface area contributed by atoms with E-state index in [-0.39, 0.29) is 0 Å². The number of aryl methyl sites for hydroxylation is 2. The number of aromatic nitrogens is 5. The number of likely N-dealkylation sites (tertiary alicyclic amines) is 1. The molecule has 0 amide bonds. The third-order valence-electron chi connectivity index (χ3n) is 5.02. The minimum Gasteiger partial charge on any atom is -0.337 e. The zero-order valence-corrected chi connectivity index (χ0v) is 14.8. The van der Waals surface area contributed by atoms with Crippen molar-refractivity contribution >= 4 is 0 Å². The number of pyridine rings is 1. The van der Waals surface area contributed by atoms with Crippen molar-refractivity contribution < 1.29 is 0 Å². The van der Waals surface area contributed by atoms with Gasteiger partial charge in [-0.05, 0) is 31.5 Å². The van der Waals surface area contributed by atoms with Gasteiger partial charge in [0.15, 0.2) is 0 Å². The van der Waals surface area contributed by atoms with Crippen LogP contribution in [0.3, 0.4) is 0 Å². The van der Waals surface area contributed by atoms with Crippen LogP contribution in [0.4, 0.5) is 0 Å². The van der Waals surface area contributed by atoms with Crippen LogP contribution >= 0.6 is 0 Å². The molecular weight excluding hydrogens is 312 g/mol. The second-order valence-corrected chi connectivity index (χ2v) is 6.61. The predicted octanol–water partition coefficient (Wildman–Crippen LogP) is 2.90. The molecule has 130 valence electrons. The molecule has 0 radical (unpaired) electrons. The Morgan fingerprint density at radius 3 is 3.00 bits per heavy atom. The molecule has 6 heteroatoms. The first-order valence-electron chi connectivity index (χ1n) is 8.95. The van der Waals surface area contributed by atoms with Gasteiger partial charge in [0.05, 0.1) is 23.8 Å². The van der Waals surface area contributed by atoms with Gasteiger partial charge in [0.1, 0.15) is 11.6 Å². The standard InChI is InChI=1S/C19H24N6/c1-3-18-21-9-11-25(18)19-8-4-6-16(22-19)17-7-5-10-24(17)13-15-12-20-14-23(15)2/h4,6,8-9,11-12,14,17H,3,5,7,10,13H2,1-2H3. The minimum atomic E-state index is 0.364. The lowest BCUT2D eigenvalue weighted by molar-refractivity contribution is 0.239. The Balaban J connectivity index is 1.60. The third kappa shape index (κ3) is 3.09. The molecule has 25 heavy (non-hydrogen) atoms. The molecule has 1 fully saturated rings. The van der Waals surface area contributed by atoms with Crippen LogP contribution in [0.5, 0.6) is 0 Å². The molecule has 1 aliphatic heterocycles. The average Bonchev–Trinajstić information content (AvgIpc) is 3.37. The first kappa shape index (κ1) is 16.0. The molecule has 1 saturated heterocycles. The summed E-state index contributed by atoms with van der Waals surface area (Å²) in [6.45, 7) is 4.14. The van der Waals surface area contributed by atoms with Gasteiger partial charge < -0.3 is 4.57 Å². The first-order valence-corrected chi connectivity index (χ1v) is 8.95. The zero-order valence-electron chi connectivity index (χ0n) is 14.8. The SMILES string of the molecule is CCc1nccn1-c1cccc(C2CCCN2Cc2cncn2C)n1. The van der Waals surface area contributed by atoms with Gasteiger partial charge in [0, 0.05) is 38.6 Å². The fourth-order valence-corrected chi connectivity index (χ4v) is 3.66. The van der Waals surface area contributed by atoms with E-state index in [0.717, 1.165) is 43.3 Å². The fraction of sp³-hybridized carbons (Fsp3) is 0.421. The van der Waals surface area contributed by atoms with E-state index in [2.05, 4.69) is 56.2 Å². The average molecular weight is 336 g/mol. The number of rotatable bonds is 5. The lowest BCUT2D eigenvalue weighted by Crippen LogP contribution is -2.24. The molecular formula is C19H24N6. The highest BCUT2D eigenvalue weighted by Gasteiger charge is 2.28. The Hall–Kier alpha value is -2.47. The summed E-state index contributed by atoms with van der Waals surface area (Å²) >= 11 is 0.